The number of hydrogen-bond acceptors (Lipinski definition) is 2. The highest BCUT2D eigenvalue weighted by Gasteiger charge is 2.28. The van der Waals surface area contributed by atoms with Crippen LogP contribution in [0, 0.1) is 0 Å². The molecule has 0 rings (SSSR count). The van der Waals surface area contributed by atoms with Crippen molar-refractivity contribution in [3.8, 4) is 0 Å². The van der Waals surface area contributed by atoms with Gasteiger partial charge in [0.25, 0.3) is 0 Å². The molecule has 1 N–H and O–H groups in total. The van der Waals surface area contributed by atoms with E-state index in [0.29, 0.717) is 0 Å². The Kier molecular flexibility index (Phi) is 7.14. The molecule has 0 aromatic carbocycles. The van der Waals surface area contributed by atoms with Gasteiger partial charge >= 0.3 is 0 Å². The minimum Gasteiger partial charge on any atom is -0.366 e. The first-order chi connectivity index (χ1) is 7.28. The van der Waals surface area contributed by atoms with Crippen molar-refractivity contribution in [2.75, 3.05) is 17.3 Å². The molecule has 0 spiro atoms. The number of carbonyl (C=O) groups excluding carboxylic acids is 1. The summed E-state index contributed by atoms with van der Waals surface area (Å²) in [5.74, 6) is -0.0734. The second-order valence-electron chi connectivity index (χ2n) is 4.85. The second kappa shape index (κ2) is 6.97. The molecule has 96 valence electrons. The largest absolute Gasteiger partial charge is 0.366 e. The van der Waals surface area contributed by atoms with Crippen LogP contribution in [-0.4, -0.2) is 34.3 Å². The number of alkyl halides is 2. The lowest BCUT2D eigenvalue weighted by atomic mass is 10.0. The van der Waals surface area contributed by atoms with E-state index < -0.39 is 0 Å². The highest BCUT2D eigenvalue weighted by molar-refractivity contribution is 9.09. The maximum absolute atomic E-state index is 11.7. The van der Waals surface area contributed by atoms with E-state index in [0.717, 1.165) is 17.1 Å². The lowest BCUT2D eigenvalue weighted by Gasteiger charge is -2.30. The summed E-state index contributed by atoms with van der Waals surface area (Å²) in [4.78, 5) is 11.7. The quantitative estimate of drug-likeness (QED) is 0.741. The number of ether oxygens (including phenoxy) is 1. The molecule has 0 aliphatic rings. The molecule has 3 nitrogen and oxygen atoms in total. The number of amides is 1. The van der Waals surface area contributed by atoms with Crippen molar-refractivity contribution in [1.29, 1.82) is 0 Å². The molecule has 0 radical (unpaired) electrons. The monoisotopic (exact) mass is 357 g/mol. The van der Waals surface area contributed by atoms with E-state index >= 15 is 0 Å². The van der Waals surface area contributed by atoms with Gasteiger partial charge in [-0.15, -0.1) is 0 Å². The van der Waals surface area contributed by atoms with Crippen LogP contribution < -0.4 is 5.32 Å². The fourth-order valence-corrected chi connectivity index (χ4v) is 3.00. The predicted molar refractivity (Wildman–Crippen MR) is 74.5 cm³/mol. The average molecular weight is 359 g/mol. The molecule has 0 aromatic heterocycles. The van der Waals surface area contributed by atoms with E-state index in [1.165, 1.54) is 0 Å². The normalized spacial score (nSPS) is 12.6. The number of hydrogen-bond donors (Lipinski definition) is 1. The summed E-state index contributed by atoms with van der Waals surface area (Å²) in [6.07, 6.45) is 0.866. The Labute approximate surface area is 115 Å². The summed E-state index contributed by atoms with van der Waals surface area (Å²) < 4.78 is 5.43. The molecule has 0 saturated carbocycles. The Morgan fingerprint density at radius 2 is 1.75 bits per heavy atom. The highest BCUT2D eigenvalue weighted by Crippen LogP contribution is 2.17. The number of carbonyl (C=O) groups is 1. The molecule has 1 amide bonds. The van der Waals surface area contributed by atoms with Crippen LogP contribution in [0.1, 0.15) is 34.1 Å². The zero-order chi connectivity index (χ0) is 12.8. The maximum atomic E-state index is 11.7. The number of halogens is 2. The van der Waals surface area contributed by atoms with Gasteiger partial charge in [0, 0.05) is 10.7 Å². The van der Waals surface area contributed by atoms with E-state index in [9.17, 15) is 4.79 Å². The molecule has 0 aliphatic carbocycles. The van der Waals surface area contributed by atoms with Crippen molar-refractivity contribution < 1.29 is 9.53 Å². The Morgan fingerprint density at radius 3 is 2.06 bits per heavy atom. The van der Waals surface area contributed by atoms with Crippen molar-refractivity contribution in [2.24, 2.45) is 0 Å². The van der Waals surface area contributed by atoms with Gasteiger partial charge in [-0.05, 0) is 27.2 Å². The van der Waals surface area contributed by atoms with Crippen molar-refractivity contribution in [1.82, 2.24) is 5.32 Å². The third kappa shape index (κ3) is 6.21. The van der Waals surface area contributed by atoms with E-state index in [1.807, 2.05) is 27.7 Å². The maximum Gasteiger partial charge on any atom is 0.246 e. The van der Waals surface area contributed by atoms with E-state index in [4.69, 9.17) is 4.74 Å². The highest BCUT2D eigenvalue weighted by atomic mass is 79.9. The van der Waals surface area contributed by atoms with Gasteiger partial charge in [0.05, 0.1) is 11.1 Å². The summed E-state index contributed by atoms with van der Waals surface area (Å²) >= 11 is 6.85. The number of rotatable bonds is 6. The fourth-order valence-electron chi connectivity index (χ4n) is 0.994. The molecule has 16 heavy (non-hydrogen) atoms. The summed E-state index contributed by atoms with van der Waals surface area (Å²) in [5.41, 5.74) is -0.507. The average Bonchev–Trinajstić information content (AvgIpc) is 2.22. The first kappa shape index (κ1) is 16.4. The van der Waals surface area contributed by atoms with Crippen molar-refractivity contribution in [3.05, 3.63) is 0 Å². The lowest BCUT2D eigenvalue weighted by Crippen LogP contribution is -2.52. The Bertz CT molecular complexity index is 214. The lowest BCUT2D eigenvalue weighted by molar-refractivity contribution is -0.132. The third-order valence-corrected chi connectivity index (χ3v) is 4.38. The molecular weight excluding hydrogens is 338 g/mol. The Morgan fingerprint density at radius 1 is 1.25 bits per heavy atom. The van der Waals surface area contributed by atoms with Gasteiger partial charge in [0.2, 0.25) is 5.91 Å². The van der Waals surface area contributed by atoms with Gasteiger partial charge in [0.1, 0.15) is 6.61 Å². The summed E-state index contributed by atoms with van der Waals surface area (Å²) in [7, 11) is 0. The Hall–Kier alpha value is 0.390. The zero-order valence-corrected chi connectivity index (χ0v) is 13.6. The van der Waals surface area contributed by atoms with Crippen LogP contribution in [0.4, 0.5) is 0 Å². The minimum atomic E-state index is -0.283. The van der Waals surface area contributed by atoms with Crippen molar-refractivity contribution in [3.63, 3.8) is 0 Å². The summed E-state index contributed by atoms with van der Waals surface area (Å²) in [6.45, 7) is 7.95. The molecule has 0 atom stereocenters. The molecule has 0 fully saturated rings. The molecule has 0 saturated heterocycles. The molecule has 5 heteroatoms. The smallest absolute Gasteiger partial charge is 0.246 e. The van der Waals surface area contributed by atoms with E-state index in [1.54, 1.807) is 0 Å². The summed E-state index contributed by atoms with van der Waals surface area (Å²) in [5, 5.41) is 4.44. The topological polar surface area (TPSA) is 38.3 Å². The summed E-state index contributed by atoms with van der Waals surface area (Å²) in [6, 6.07) is 0. The number of nitrogens with one attached hydrogen (secondary N) is 1. The third-order valence-electron chi connectivity index (χ3n) is 2.23. The first-order valence-corrected chi connectivity index (χ1v) is 7.60. The predicted octanol–water partition coefficient (Wildman–Crippen LogP) is 2.86. The molecule has 0 aromatic rings. The SMILES string of the molecule is CCC(CBr)(CBr)NC(=O)COC(C)(C)C. The molecule has 0 bridgehead atoms. The van der Waals surface area contributed by atoms with Crippen LogP contribution in [0.3, 0.4) is 0 Å². The van der Waals surface area contributed by atoms with Gasteiger partial charge in [-0.2, -0.15) is 0 Å². The molecule has 0 heterocycles. The van der Waals surface area contributed by atoms with E-state index in [2.05, 4.69) is 37.2 Å². The first-order valence-electron chi connectivity index (χ1n) is 5.35. The van der Waals surface area contributed by atoms with Gasteiger partial charge in [-0.3, -0.25) is 4.79 Å². The van der Waals surface area contributed by atoms with Crippen LogP contribution in [0.5, 0.6) is 0 Å². The second-order valence-corrected chi connectivity index (χ2v) is 5.97. The van der Waals surface area contributed by atoms with Gasteiger partial charge in [0.15, 0.2) is 0 Å². The van der Waals surface area contributed by atoms with Crippen LogP contribution in [0.15, 0.2) is 0 Å². The van der Waals surface area contributed by atoms with Crippen LogP contribution >= 0.6 is 31.9 Å². The van der Waals surface area contributed by atoms with Crippen LogP contribution in [0.25, 0.3) is 0 Å². The standard InChI is InChI=1S/C11H21Br2NO2/c1-5-11(7-12,8-13)14-9(15)6-16-10(2,3)4/h5-8H2,1-4H3,(H,14,15). The fraction of sp³-hybridized carbons (Fsp3) is 0.909. The molecular formula is C11H21Br2NO2. The van der Waals surface area contributed by atoms with Gasteiger partial charge in [-0.1, -0.05) is 38.8 Å². The van der Waals surface area contributed by atoms with Crippen molar-refractivity contribution in [2.45, 2.75) is 45.3 Å². The zero-order valence-electron chi connectivity index (χ0n) is 10.4. The van der Waals surface area contributed by atoms with Gasteiger partial charge in [-0.25, -0.2) is 0 Å². The van der Waals surface area contributed by atoms with E-state index in [-0.39, 0.29) is 23.7 Å². The van der Waals surface area contributed by atoms with Crippen LogP contribution in [-0.2, 0) is 9.53 Å². The van der Waals surface area contributed by atoms with Gasteiger partial charge < -0.3 is 10.1 Å². The van der Waals surface area contributed by atoms with Crippen molar-refractivity contribution >= 4 is 37.8 Å². The van der Waals surface area contributed by atoms with Crippen LogP contribution in [0.2, 0.25) is 0 Å². The molecule has 0 unspecified atom stereocenters. The minimum absolute atomic E-state index is 0.0734. The Balaban J connectivity index is 4.21. The molecule has 0 aliphatic heterocycles.